The van der Waals surface area contributed by atoms with Crippen molar-refractivity contribution in [1.29, 1.82) is 0 Å². The van der Waals surface area contributed by atoms with Gasteiger partial charge in [-0.05, 0) is 6.07 Å². The molecule has 110 valence electrons. The molecular formula is C13H14N4O4. The van der Waals surface area contributed by atoms with E-state index in [9.17, 15) is 15.3 Å². The van der Waals surface area contributed by atoms with Gasteiger partial charge in [-0.15, -0.1) is 6.42 Å². The number of anilines is 1. The summed E-state index contributed by atoms with van der Waals surface area (Å²) in [5.74, 6) is 2.49. The fourth-order valence-electron chi connectivity index (χ4n) is 2.50. The molecule has 2 aromatic heterocycles. The van der Waals surface area contributed by atoms with E-state index in [1.54, 1.807) is 12.3 Å². The van der Waals surface area contributed by atoms with E-state index in [2.05, 4.69) is 15.9 Å². The highest BCUT2D eigenvalue weighted by Gasteiger charge is 2.54. The van der Waals surface area contributed by atoms with E-state index in [4.69, 9.17) is 16.9 Å². The summed E-state index contributed by atoms with van der Waals surface area (Å²) >= 11 is 0. The Labute approximate surface area is 119 Å². The molecule has 8 heteroatoms. The number of nitrogens with two attached hydrogens (primary N) is 1. The second kappa shape index (κ2) is 4.68. The van der Waals surface area contributed by atoms with Crippen molar-refractivity contribution in [3.63, 3.8) is 0 Å². The van der Waals surface area contributed by atoms with Gasteiger partial charge in [0.15, 0.2) is 11.8 Å². The number of terminal acetylenes is 1. The average molecular weight is 290 g/mol. The van der Waals surface area contributed by atoms with Crippen molar-refractivity contribution in [1.82, 2.24) is 14.5 Å². The Bertz CT molecular complexity index is 725. The summed E-state index contributed by atoms with van der Waals surface area (Å²) in [6.07, 6.45) is 4.47. The van der Waals surface area contributed by atoms with Crippen molar-refractivity contribution in [3.05, 3.63) is 18.6 Å². The first-order valence-corrected chi connectivity index (χ1v) is 6.23. The molecule has 0 bridgehead atoms. The number of hydrogen-bond acceptors (Lipinski definition) is 7. The van der Waals surface area contributed by atoms with Crippen LogP contribution in [0.2, 0.25) is 0 Å². The number of fused-ring (bicyclic) bond motifs is 1. The second-order valence-electron chi connectivity index (χ2n) is 4.85. The van der Waals surface area contributed by atoms with Crippen molar-refractivity contribution < 1.29 is 20.1 Å². The topological polar surface area (TPSA) is 127 Å². The zero-order valence-electron chi connectivity index (χ0n) is 10.9. The number of nitrogens with zero attached hydrogens (tertiary/aromatic N) is 3. The number of nitrogen functional groups attached to an aromatic ring is 1. The fourth-order valence-corrected chi connectivity index (χ4v) is 2.50. The summed E-state index contributed by atoms with van der Waals surface area (Å²) in [6.45, 7) is -0.617. The first-order chi connectivity index (χ1) is 10.0. The largest absolute Gasteiger partial charge is 0.392 e. The predicted molar refractivity (Wildman–Crippen MR) is 72.7 cm³/mol. The van der Waals surface area contributed by atoms with Crippen LogP contribution in [0.3, 0.4) is 0 Å². The minimum Gasteiger partial charge on any atom is -0.392 e. The normalized spacial score (nSPS) is 32.4. The fraction of sp³-hybridized carbons (Fsp3) is 0.385. The predicted octanol–water partition coefficient (Wildman–Crippen LogP) is -1.37. The zero-order chi connectivity index (χ0) is 15.2. The Morgan fingerprint density at radius 3 is 2.86 bits per heavy atom. The van der Waals surface area contributed by atoms with Crippen LogP contribution < -0.4 is 5.73 Å². The van der Waals surface area contributed by atoms with Gasteiger partial charge < -0.3 is 30.4 Å². The highest BCUT2D eigenvalue weighted by Crippen LogP contribution is 2.38. The molecule has 8 nitrogen and oxygen atoms in total. The molecule has 1 aliphatic rings. The lowest BCUT2D eigenvalue weighted by atomic mass is 9.97. The van der Waals surface area contributed by atoms with Crippen LogP contribution in [-0.2, 0) is 4.74 Å². The van der Waals surface area contributed by atoms with Gasteiger partial charge in [0.05, 0.1) is 12.0 Å². The summed E-state index contributed by atoms with van der Waals surface area (Å²) < 4.78 is 7.04. The molecule has 0 saturated carbocycles. The Balaban J connectivity index is 2.08. The third-order valence-electron chi connectivity index (χ3n) is 3.72. The van der Waals surface area contributed by atoms with Gasteiger partial charge in [-0.1, -0.05) is 5.92 Å². The highest BCUT2D eigenvalue weighted by atomic mass is 16.6. The van der Waals surface area contributed by atoms with Crippen LogP contribution in [0.15, 0.2) is 18.6 Å². The quantitative estimate of drug-likeness (QED) is 0.502. The Morgan fingerprint density at radius 2 is 2.24 bits per heavy atom. The van der Waals surface area contributed by atoms with Crippen LogP contribution >= 0.6 is 0 Å². The maximum absolute atomic E-state index is 10.2. The van der Waals surface area contributed by atoms with Crippen LogP contribution in [0.4, 0.5) is 5.82 Å². The zero-order valence-corrected chi connectivity index (χ0v) is 10.9. The molecule has 0 aromatic carbocycles. The molecule has 2 aromatic rings. The third kappa shape index (κ3) is 1.80. The van der Waals surface area contributed by atoms with Gasteiger partial charge in [0.2, 0.25) is 0 Å². The average Bonchev–Trinajstić information content (AvgIpc) is 3.02. The maximum Gasteiger partial charge on any atom is 0.182 e. The van der Waals surface area contributed by atoms with Gasteiger partial charge in [-0.2, -0.15) is 0 Å². The molecule has 1 saturated heterocycles. The maximum atomic E-state index is 10.2. The van der Waals surface area contributed by atoms with Crippen molar-refractivity contribution in [2.24, 2.45) is 0 Å². The van der Waals surface area contributed by atoms with Crippen LogP contribution in [0, 0.1) is 12.3 Å². The molecular weight excluding hydrogens is 276 g/mol. The minimum absolute atomic E-state index is 0.289. The van der Waals surface area contributed by atoms with E-state index in [0.717, 1.165) is 0 Å². The Morgan fingerprint density at radius 1 is 1.48 bits per heavy atom. The van der Waals surface area contributed by atoms with Crippen molar-refractivity contribution in [2.45, 2.75) is 24.0 Å². The van der Waals surface area contributed by atoms with E-state index in [1.165, 1.54) is 10.9 Å². The number of ether oxygens (including phenoxy) is 1. The van der Waals surface area contributed by atoms with Gasteiger partial charge in [0.1, 0.15) is 30.0 Å². The van der Waals surface area contributed by atoms with E-state index < -0.39 is 30.6 Å². The van der Waals surface area contributed by atoms with Crippen LogP contribution in [0.5, 0.6) is 0 Å². The van der Waals surface area contributed by atoms with Gasteiger partial charge >= 0.3 is 0 Å². The molecule has 5 N–H and O–H groups in total. The summed E-state index contributed by atoms with van der Waals surface area (Å²) in [4.78, 5) is 7.96. The first kappa shape index (κ1) is 13.8. The number of aliphatic hydroxyl groups excluding tert-OH is 3. The van der Waals surface area contributed by atoms with E-state index in [1.807, 2.05) is 0 Å². The molecule has 0 aliphatic carbocycles. The van der Waals surface area contributed by atoms with Crippen LogP contribution in [0.25, 0.3) is 11.0 Å². The lowest BCUT2D eigenvalue weighted by molar-refractivity contribution is -0.0909. The molecule has 4 atom stereocenters. The summed E-state index contributed by atoms with van der Waals surface area (Å²) in [6, 6.07) is 1.67. The lowest BCUT2D eigenvalue weighted by Gasteiger charge is -2.23. The lowest BCUT2D eigenvalue weighted by Crippen LogP contribution is -2.44. The number of hydrogen-bond donors (Lipinski definition) is 4. The smallest absolute Gasteiger partial charge is 0.182 e. The number of aliphatic hydroxyl groups is 3. The van der Waals surface area contributed by atoms with Crippen LogP contribution in [-0.4, -0.2) is 54.3 Å². The van der Waals surface area contributed by atoms with Crippen molar-refractivity contribution in [2.75, 3.05) is 12.3 Å². The van der Waals surface area contributed by atoms with E-state index >= 15 is 0 Å². The molecule has 3 rings (SSSR count). The number of aromatic nitrogens is 3. The van der Waals surface area contributed by atoms with E-state index in [0.29, 0.717) is 11.0 Å². The summed E-state index contributed by atoms with van der Waals surface area (Å²) in [5.41, 5.74) is 4.53. The SMILES string of the molecule is C#C[C@]1(CO)O[C@@H](n2ccc3c(N)ncnc32)C(O)[C@H]1O. The van der Waals surface area contributed by atoms with E-state index in [-0.39, 0.29) is 5.82 Å². The van der Waals surface area contributed by atoms with Crippen molar-refractivity contribution >= 4 is 16.9 Å². The highest BCUT2D eigenvalue weighted by molar-refractivity contribution is 5.86. The molecule has 1 fully saturated rings. The van der Waals surface area contributed by atoms with Crippen LogP contribution in [0.1, 0.15) is 6.23 Å². The molecule has 0 spiro atoms. The Hall–Kier alpha value is -2.18. The van der Waals surface area contributed by atoms with Gasteiger partial charge in [0.25, 0.3) is 0 Å². The molecule has 1 unspecified atom stereocenters. The number of rotatable bonds is 2. The summed E-state index contributed by atoms with van der Waals surface area (Å²) in [5, 5.41) is 30.2. The monoisotopic (exact) mass is 290 g/mol. The van der Waals surface area contributed by atoms with Gasteiger partial charge in [-0.25, -0.2) is 9.97 Å². The first-order valence-electron chi connectivity index (χ1n) is 6.23. The summed E-state index contributed by atoms with van der Waals surface area (Å²) in [7, 11) is 0. The molecule has 0 radical (unpaired) electrons. The minimum atomic E-state index is -1.65. The molecule has 0 amide bonds. The van der Waals surface area contributed by atoms with Gasteiger partial charge in [0, 0.05) is 6.20 Å². The molecule has 21 heavy (non-hydrogen) atoms. The standard InChI is InChI=1S/C13H14N4O4/c1-2-13(5-18)9(20)8(19)12(21-13)17-4-3-7-10(14)15-6-16-11(7)17/h1,3-4,6,8-9,12,18-20H,5H2,(H2,14,15,16)/t8?,9-,12-,13-/m1/s1. The Kier molecular flexibility index (Phi) is 3.07. The second-order valence-corrected chi connectivity index (χ2v) is 4.85. The third-order valence-corrected chi connectivity index (χ3v) is 3.72. The van der Waals surface area contributed by atoms with Gasteiger partial charge in [-0.3, -0.25) is 0 Å². The van der Waals surface area contributed by atoms with Crippen molar-refractivity contribution in [3.8, 4) is 12.3 Å². The molecule has 3 heterocycles. The molecule has 1 aliphatic heterocycles.